The number of ether oxygens (including phenoxy) is 2. The number of phosphoric acid groups is 1. The van der Waals surface area contributed by atoms with Gasteiger partial charge in [-0.3, -0.25) is 18.6 Å². The lowest BCUT2D eigenvalue weighted by atomic mass is 10.1. The fraction of sp³-hybridized carbons (Fsp3) is 0.805. The van der Waals surface area contributed by atoms with Crippen LogP contribution in [0, 0.1) is 0 Å². The monoisotopic (exact) mass is 760 g/mol. The fourth-order valence-electron chi connectivity index (χ4n) is 5.40. The quantitative estimate of drug-likeness (QED) is 0.0218. The van der Waals surface area contributed by atoms with Crippen LogP contribution in [0.25, 0.3) is 0 Å². The number of esters is 2. The first-order valence-electron chi connectivity index (χ1n) is 20.3. The smallest absolute Gasteiger partial charge is 0.462 e. The Balaban J connectivity index is 4.23. The molecule has 0 rings (SSSR count). The van der Waals surface area contributed by atoms with Gasteiger partial charge < -0.3 is 14.4 Å². The second-order valence-electron chi connectivity index (χ2n) is 13.4. The van der Waals surface area contributed by atoms with E-state index >= 15 is 0 Å². The zero-order valence-electron chi connectivity index (χ0n) is 32.4. The van der Waals surface area contributed by atoms with Crippen molar-refractivity contribution >= 4 is 31.4 Å². The minimum absolute atomic E-state index is 0.0217. The number of rotatable bonds is 38. The lowest BCUT2D eigenvalue weighted by Gasteiger charge is -2.19. The minimum atomic E-state index is -4.38. The standard InChI is InChI=1S/C41H74ClO8P/c1-3-5-7-9-11-13-15-17-19-21-23-25-27-29-31-33-40(43)47-37-39(38-49-51(45,46)48-36-35-42)50-41(44)34-32-30-28-26-24-22-20-18-16-14-12-10-8-6-4-2/h12,14,17-20,39H,3-11,13,15-16,21-38H2,1-2H3,(H,45,46)/b14-12-,19-17-,20-18-/t39-/m1/s1. The topological polar surface area (TPSA) is 108 Å². The molecule has 0 aliphatic heterocycles. The second-order valence-corrected chi connectivity index (χ2v) is 15.2. The third-order valence-electron chi connectivity index (χ3n) is 8.46. The van der Waals surface area contributed by atoms with E-state index in [0.29, 0.717) is 6.42 Å². The van der Waals surface area contributed by atoms with Crippen molar-refractivity contribution in [1.82, 2.24) is 0 Å². The molecule has 1 N–H and O–H groups in total. The Bertz CT molecular complexity index is 939. The molecular weight excluding hydrogens is 687 g/mol. The molecule has 298 valence electrons. The molecule has 8 nitrogen and oxygen atoms in total. The third-order valence-corrected chi connectivity index (χ3v) is 9.60. The zero-order chi connectivity index (χ0) is 37.5. The van der Waals surface area contributed by atoms with Crippen molar-refractivity contribution in [3.8, 4) is 0 Å². The molecule has 0 spiro atoms. The van der Waals surface area contributed by atoms with Gasteiger partial charge in [0.25, 0.3) is 0 Å². The predicted molar refractivity (Wildman–Crippen MR) is 212 cm³/mol. The Labute approximate surface area is 317 Å². The van der Waals surface area contributed by atoms with Gasteiger partial charge in [-0.1, -0.05) is 134 Å². The van der Waals surface area contributed by atoms with E-state index in [1.54, 1.807) is 0 Å². The predicted octanol–water partition coefficient (Wildman–Crippen LogP) is 12.7. The molecule has 0 aromatic carbocycles. The highest BCUT2D eigenvalue weighted by atomic mass is 35.5. The lowest BCUT2D eigenvalue weighted by Crippen LogP contribution is -2.29. The number of alkyl halides is 1. The molecule has 0 amide bonds. The van der Waals surface area contributed by atoms with Crippen molar-refractivity contribution in [1.29, 1.82) is 0 Å². The maximum absolute atomic E-state index is 12.5. The summed E-state index contributed by atoms with van der Waals surface area (Å²) in [7, 11) is -4.38. The van der Waals surface area contributed by atoms with Crippen molar-refractivity contribution < 1.29 is 37.6 Å². The molecule has 0 radical (unpaired) electrons. The summed E-state index contributed by atoms with van der Waals surface area (Å²) in [5, 5.41) is 0. The van der Waals surface area contributed by atoms with Crippen LogP contribution >= 0.6 is 19.4 Å². The number of allylic oxidation sites excluding steroid dienone is 6. The van der Waals surface area contributed by atoms with Crippen molar-refractivity contribution in [2.45, 2.75) is 187 Å². The van der Waals surface area contributed by atoms with E-state index in [1.807, 2.05) is 0 Å². The Morgan fingerprint density at radius 2 is 1.02 bits per heavy atom. The van der Waals surface area contributed by atoms with Crippen LogP contribution in [0.1, 0.15) is 181 Å². The summed E-state index contributed by atoms with van der Waals surface area (Å²) in [6, 6.07) is 0. The Hall–Kier alpha value is -1.44. The summed E-state index contributed by atoms with van der Waals surface area (Å²) >= 11 is 5.53. The van der Waals surface area contributed by atoms with Crippen LogP contribution < -0.4 is 0 Å². The first-order valence-corrected chi connectivity index (χ1v) is 22.4. The summed E-state index contributed by atoms with van der Waals surface area (Å²) in [6.07, 6.45) is 40.2. The van der Waals surface area contributed by atoms with Gasteiger partial charge in [0.05, 0.1) is 13.2 Å². The van der Waals surface area contributed by atoms with Crippen LogP contribution in [0.5, 0.6) is 0 Å². The molecule has 0 bridgehead atoms. The van der Waals surface area contributed by atoms with Crippen molar-refractivity contribution in [2.24, 2.45) is 0 Å². The molecule has 0 aromatic heterocycles. The molecule has 0 aliphatic rings. The van der Waals surface area contributed by atoms with Crippen LogP contribution in [-0.4, -0.2) is 48.6 Å². The molecule has 2 atom stereocenters. The number of carbonyl (C=O) groups is 2. The highest BCUT2D eigenvalue weighted by molar-refractivity contribution is 7.47. The van der Waals surface area contributed by atoms with Crippen molar-refractivity contribution in [2.75, 3.05) is 25.7 Å². The molecule has 51 heavy (non-hydrogen) atoms. The molecule has 0 aliphatic carbocycles. The van der Waals surface area contributed by atoms with Gasteiger partial charge >= 0.3 is 19.8 Å². The molecule has 0 saturated carbocycles. The van der Waals surface area contributed by atoms with E-state index in [1.165, 1.54) is 70.6 Å². The van der Waals surface area contributed by atoms with Crippen LogP contribution in [0.15, 0.2) is 36.5 Å². The number of hydrogen-bond donors (Lipinski definition) is 1. The van der Waals surface area contributed by atoms with Gasteiger partial charge in [-0.25, -0.2) is 4.57 Å². The second kappa shape index (κ2) is 38.3. The van der Waals surface area contributed by atoms with E-state index in [9.17, 15) is 19.0 Å². The van der Waals surface area contributed by atoms with Gasteiger partial charge in [-0.15, -0.1) is 11.6 Å². The zero-order valence-corrected chi connectivity index (χ0v) is 34.0. The van der Waals surface area contributed by atoms with Gasteiger partial charge in [-0.05, 0) is 70.6 Å². The largest absolute Gasteiger partial charge is 0.472 e. The Morgan fingerprint density at radius 1 is 0.588 bits per heavy atom. The molecule has 0 aromatic rings. The van der Waals surface area contributed by atoms with Crippen molar-refractivity contribution in [3.05, 3.63) is 36.5 Å². The van der Waals surface area contributed by atoms with Crippen LogP contribution in [0.4, 0.5) is 0 Å². The number of halogens is 1. The molecule has 10 heteroatoms. The SMILES string of the molecule is CCCCC/C=C\C/C=C\CCCCCCCC(=O)O[C@H](COC(=O)CCCCCCC/C=C\CCCCCCCC)COP(=O)(O)OCCCl. The fourth-order valence-corrected chi connectivity index (χ4v) is 6.34. The van der Waals surface area contributed by atoms with Crippen LogP contribution in [0.2, 0.25) is 0 Å². The molecule has 0 fully saturated rings. The molecule has 0 heterocycles. The molecule has 0 saturated heterocycles. The molecule has 1 unspecified atom stereocenters. The first-order chi connectivity index (χ1) is 24.8. The third kappa shape index (κ3) is 38.1. The molecular formula is C41H74ClO8P. The maximum Gasteiger partial charge on any atom is 0.472 e. The van der Waals surface area contributed by atoms with Gasteiger partial charge in [-0.2, -0.15) is 0 Å². The normalized spacial score (nSPS) is 13.7. The summed E-state index contributed by atoms with van der Waals surface area (Å²) in [6.45, 7) is 3.60. The highest BCUT2D eigenvalue weighted by Crippen LogP contribution is 2.43. The van der Waals surface area contributed by atoms with Gasteiger partial charge in [0, 0.05) is 18.7 Å². The Morgan fingerprint density at radius 3 is 1.55 bits per heavy atom. The summed E-state index contributed by atoms with van der Waals surface area (Å²) in [5.74, 6) is -0.835. The van der Waals surface area contributed by atoms with E-state index in [2.05, 4.69) is 50.3 Å². The van der Waals surface area contributed by atoms with Gasteiger partial charge in [0.15, 0.2) is 6.10 Å². The first kappa shape index (κ1) is 49.6. The average Bonchev–Trinajstić information content (AvgIpc) is 3.11. The lowest BCUT2D eigenvalue weighted by molar-refractivity contribution is -0.161. The van der Waals surface area contributed by atoms with Gasteiger partial charge in [0.1, 0.15) is 6.61 Å². The summed E-state index contributed by atoms with van der Waals surface area (Å²) in [4.78, 5) is 34.8. The van der Waals surface area contributed by atoms with E-state index in [-0.39, 0.29) is 31.9 Å². The van der Waals surface area contributed by atoms with Crippen LogP contribution in [-0.2, 0) is 32.7 Å². The summed E-state index contributed by atoms with van der Waals surface area (Å²) in [5.41, 5.74) is 0. The average molecular weight is 761 g/mol. The van der Waals surface area contributed by atoms with E-state index < -0.39 is 32.5 Å². The van der Waals surface area contributed by atoms with Crippen LogP contribution in [0.3, 0.4) is 0 Å². The van der Waals surface area contributed by atoms with Gasteiger partial charge in [0.2, 0.25) is 0 Å². The highest BCUT2D eigenvalue weighted by Gasteiger charge is 2.26. The minimum Gasteiger partial charge on any atom is -0.462 e. The van der Waals surface area contributed by atoms with E-state index in [4.69, 9.17) is 30.1 Å². The summed E-state index contributed by atoms with van der Waals surface area (Å²) < 4.78 is 32.7. The number of unbranched alkanes of at least 4 members (excludes halogenated alkanes) is 19. The number of carbonyl (C=O) groups excluding carboxylic acids is 2. The number of hydrogen-bond acceptors (Lipinski definition) is 7. The Kier molecular flexibility index (Phi) is 37.2. The number of phosphoric ester groups is 1. The van der Waals surface area contributed by atoms with E-state index in [0.717, 1.165) is 77.0 Å². The van der Waals surface area contributed by atoms with Crippen molar-refractivity contribution in [3.63, 3.8) is 0 Å². The maximum atomic E-state index is 12.5.